The number of aliphatic carboxylic acids is 1. The maximum absolute atomic E-state index is 12.4. The van der Waals surface area contributed by atoms with Crippen molar-refractivity contribution in [1.82, 2.24) is 0 Å². The normalized spacial score (nSPS) is 11.1. The van der Waals surface area contributed by atoms with Crippen LogP contribution in [0, 0.1) is 11.3 Å². The zero-order valence-electron chi connectivity index (χ0n) is 9.29. The number of carboxylic acids is 1. The highest BCUT2D eigenvalue weighted by Crippen LogP contribution is 2.40. The maximum Gasteiger partial charge on any atom is 0.446 e. The van der Waals surface area contributed by atoms with Crippen LogP contribution < -0.4 is 0 Å². The van der Waals surface area contributed by atoms with E-state index in [1.165, 1.54) is 6.07 Å². The Hall–Kier alpha value is -1.39. The van der Waals surface area contributed by atoms with Crippen LogP contribution in [0.1, 0.15) is 16.7 Å². The molecule has 0 saturated heterocycles. The number of alkyl halides is 4. The molecule has 0 unspecified atom stereocenters. The first kappa shape index (κ1) is 15.7. The zero-order valence-corrected chi connectivity index (χ0v) is 10.9. The molecule has 0 atom stereocenters. The van der Waals surface area contributed by atoms with Crippen LogP contribution >= 0.6 is 23.4 Å². The minimum Gasteiger partial charge on any atom is -0.481 e. The van der Waals surface area contributed by atoms with Crippen molar-refractivity contribution >= 4 is 29.3 Å². The van der Waals surface area contributed by atoms with E-state index in [0.29, 0.717) is 0 Å². The molecule has 0 spiro atoms. The second kappa shape index (κ2) is 6.17. The summed E-state index contributed by atoms with van der Waals surface area (Å²) in [6.45, 7) is 0. The van der Waals surface area contributed by atoms with E-state index in [-0.39, 0.29) is 27.5 Å². The summed E-state index contributed by atoms with van der Waals surface area (Å²) >= 11 is 5.12. The Morgan fingerprint density at radius 3 is 2.53 bits per heavy atom. The molecule has 1 aromatic rings. The van der Waals surface area contributed by atoms with E-state index < -0.39 is 29.7 Å². The fraction of sp³-hybridized carbons (Fsp3) is 0.273. The summed E-state index contributed by atoms with van der Waals surface area (Å²) in [4.78, 5) is 10.3. The predicted octanol–water partition coefficient (Wildman–Crippen LogP) is 3.54. The van der Waals surface area contributed by atoms with Gasteiger partial charge in [0.25, 0.3) is 0 Å². The SMILES string of the molecule is N#Cc1c(CCl)cc(CC(=O)O)cc1SC(F)(F)F. The van der Waals surface area contributed by atoms with Gasteiger partial charge in [0.05, 0.1) is 12.0 Å². The highest BCUT2D eigenvalue weighted by Gasteiger charge is 2.31. The van der Waals surface area contributed by atoms with Crippen molar-refractivity contribution in [2.75, 3.05) is 0 Å². The van der Waals surface area contributed by atoms with Gasteiger partial charge in [-0.2, -0.15) is 18.4 Å². The number of carbonyl (C=O) groups is 1. The molecule has 0 saturated carbocycles. The average molecular weight is 310 g/mol. The number of rotatable bonds is 4. The lowest BCUT2D eigenvalue weighted by atomic mass is 10.0. The molecule has 1 aromatic carbocycles. The van der Waals surface area contributed by atoms with Crippen LogP contribution in [-0.4, -0.2) is 16.6 Å². The van der Waals surface area contributed by atoms with Gasteiger partial charge in [-0.15, -0.1) is 11.6 Å². The summed E-state index contributed by atoms with van der Waals surface area (Å²) in [5, 5.41) is 17.5. The number of thioether (sulfide) groups is 1. The quantitative estimate of drug-likeness (QED) is 0.682. The minimum atomic E-state index is -4.56. The smallest absolute Gasteiger partial charge is 0.446 e. The van der Waals surface area contributed by atoms with Crippen LogP contribution in [0.3, 0.4) is 0 Å². The first-order valence-corrected chi connectivity index (χ1v) is 6.21. The molecule has 1 N–H and O–H groups in total. The van der Waals surface area contributed by atoms with Gasteiger partial charge in [0.15, 0.2) is 0 Å². The van der Waals surface area contributed by atoms with E-state index in [9.17, 15) is 18.0 Å². The molecule has 3 nitrogen and oxygen atoms in total. The van der Waals surface area contributed by atoms with Gasteiger partial charge in [-0.1, -0.05) is 6.07 Å². The molecule has 0 radical (unpaired) electrons. The van der Waals surface area contributed by atoms with Gasteiger partial charge in [-0.05, 0) is 29.0 Å². The van der Waals surface area contributed by atoms with E-state index in [1.54, 1.807) is 6.07 Å². The molecule has 19 heavy (non-hydrogen) atoms. The highest BCUT2D eigenvalue weighted by atomic mass is 35.5. The van der Waals surface area contributed by atoms with Gasteiger partial charge in [-0.25, -0.2) is 0 Å². The number of carboxylic acid groups (broad SMARTS) is 1. The Balaban J connectivity index is 3.32. The topological polar surface area (TPSA) is 61.1 Å². The van der Waals surface area contributed by atoms with Crippen molar-refractivity contribution in [2.45, 2.75) is 22.7 Å². The first-order chi connectivity index (χ1) is 8.76. The van der Waals surface area contributed by atoms with Gasteiger partial charge in [-0.3, -0.25) is 4.79 Å². The van der Waals surface area contributed by atoms with Gasteiger partial charge >= 0.3 is 11.5 Å². The predicted molar refractivity (Wildman–Crippen MR) is 64.0 cm³/mol. The van der Waals surface area contributed by atoms with E-state index in [0.717, 1.165) is 6.07 Å². The molecule has 8 heteroatoms. The maximum atomic E-state index is 12.4. The molecule has 0 aliphatic carbocycles. The average Bonchev–Trinajstić information content (AvgIpc) is 2.25. The molecule has 0 aliphatic rings. The lowest BCUT2D eigenvalue weighted by Gasteiger charge is -2.11. The second-order valence-corrected chi connectivity index (χ2v) is 4.87. The Labute approximate surface area is 116 Å². The van der Waals surface area contributed by atoms with E-state index in [4.69, 9.17) is 22.0 Å². The molecule has 0 bridgehead atoms. The van der Waals surface area contributed by atoms with Crippen molar-refractivity contribution in [3.63, 3.8) is 0 Å². The molecule has 0 amide bonds. The van der Waals surface area contributed by atoms with Crippen molar-refractivity contribution in [2.24, 2.45) is 0 Å². The van der Waals surface area contributed by atoms with Crippen molar-refractivity contribution in [3.8, 4) is 6.07 Å². The Bertz CT molecular complexity index is 540. The van der Waals surface area contributed by atoms with Crippen LogP contribution in [0.2, 0.25) is 0 Å². The lowest BCUT2D eigenvalue weighted by molar-refractivity contribution is -0.136. The standard InChI is InChI=1S/C11H7ClF3NO2S/c12-4-7-1-6(3-10(17)18)2-9(8(7)5-16)19-11(13,14)15/h1-2H,3-4H2,(H,17,18). The van der Waals surface area contributed by atoms with Gasteiger partial charge in [0.1, 0.15) is 6.07 Å². The van der Waals surface area contributed by atoms with Crippen LogP contribution in [-0.2, 0) is 17.1 Å². The van der Waals surface area contributed by atoms with Gasteiger partial charge in [0, 0.05) is 10.8 Å². The van der Waals surface area contributed by atoms with Crippen molar-refractivity contribution < 1.29 is 23.1 Å². The fourth-order valence-electron chi connectivity index (χ4n) is 1.45. The Kier molecular flexibility index (Phi) is 5.09. The van der Waals surface area contributed by atoms with E-state index in [2.05, 4.69) is 0 Å². The van der Waals surface area contributed by atoms with Gasteiger partial charge < -0.3 is 5.11 Å². The zero-order chi connectivity index (χ0) is 14.6. The number of halogens is 4. The van der Waals surface area contributed by atoms with E-state index in [1.807, 2.05) is 0 Å². The van der Waals surface area contributed by atoms with Crippen LogP contribution in [0.5, 0.6) is 0 Å². The van der Waals surface area contributed by atoms with E-state index >= 15 is 0 Å². The lowest BCUT2D eigenvalue weighted by Crippen LogP contribution is -2.05. The van der Waals surface area contributed by atoms with Crippen LogP contribution in [0.4, 0.5) is 13.2 Å². The summed E-state index contributed by atoms with van der Waals surface area (Å²) in [7, 11) is 0. The first-order valence-electron chi connectivity index (χ1n) is 4.86. The van der Waals surface area contributed by atoms with Gasteiger partial charge in [0.2, 0.25) is 0 Å². The monoisotopic (exact) mass is 309 g/mol. The summed E-state index contributed by atoms with van der Waals surface area (Å²) in [6, 6.07) is 4.06. The number of hydrogen-bond donors (Lipinski definition) is 1. The summed E-state index contributed by atoms with van der Waals surface area (Å²) in [5.74, 6) is -1.34. The largest absolute Gasteiger partial charge is 0.481 e. The number of nitrogens with zero attached hydrogens (tertiary/aromatic N) is 1. The Morgan fingerprint density at radius 2 is 2.11 bits per heavy atom. The summed E-state index contributed by atoms with van der Waals surface area (Å²) in [5.41, 5.74) is -4.37. The summed E-state index contributed by atoms with van der Waals surface area (Å²) < 4.78 is 37.2. The van der Waals surface area contributed by atoms with Crippen LogP contribution in [0.15, 0.2) is 17.0 Å². The molecule has 102 valence electrons. The highest BCUT2D eigenvalue weighted by molar-refractivity contribution is 8.00. The molecule has 0 aromatic heterocycles. The third-order valence-electron chi connectivity index (χ3n) is 2.08. The molecular formula is C11H7ClF3NO2S. The van der Waals surface area contributed by atoms with Crippen molar-refractivity contribution in [3.05, 3.63) is 28.8 Å². The third-order valence-corrected chi connectivity index (χ3v) is 3.14. The second-order valence-electron chi connectivity index (χ2n) is 3.49. The fourth-order valence-corrected chi connectivity index (χ4v) is 2.40. The molecule has 0 aliphatic heterocycles. The van der Waals surface area contributed by atoms with Crippen LogP contribution in [0.25, 0.3) is 0 Å². The molecule has 1 rings (SSSR count). The molecule has 0 heterocycles. The number of hydrogen-bond acceptors (Lipinski definition) is 3. The molecular weight excluding hydrogens is 303 g/mol. The minimum absolute atomic E-state index is 0.165. The number of benzene rings is 1. The van der Waals surface area contributed by atoms with Crippen molar-refractivity contribution in [1.29, 1.82) is 5.26 Å². The summed E-state index contributed by atoms with van der Waals surface area (Å²) in [6.07, 6.45) is -0.430. The Morgan fingerprint density at radius 1 is 1.47 bits per heavy atom. The third kappa shape index (κ3) is 4.65. The molecule has 0 fully saturated rings. The number of nitriles is 1.